The van der Waals surface area contributed by atoms with Crippen LogP contribution in [0.3, 0.4) is 0 Å². The third kappa shape index (κ3) is 3.22. The number of halogens is 1. The third-order valence-corrected chi connectivity index (χ3v) is 5.33. The maximum atomic E-state index is 14.0. The monoisotopic (exact) mass is 277 g/mol. The first-order valence-electron chi connectivity index (χ1n) is 7.85. The SMILES string of the molecule is CC(C)C1CCC(Cc2ccccc2F)(N(C)C)CC1. The zero-order valence-electron chi connectivity index (χ0n) is 13.3. The van der Waals surface area contributed by atoms with Gasteiger partial charge in [0.1, 0.15) is 5.82 Å². The molecule has 0 aliphatic heterocycles. The van der Waals surface area contributed by atoms with Gasteiger partial charge in [0.25, 0.3) is 0 Å². The fourth-order valence-corrected chi connectivity index (χ4v) is 3.62. The molecule has 0 bridgehead atoms. The molecule has 112 valence electrons. The predicted octanol–water partition coefficient (Wildman–Crippen LogP) is 4.51. The minimum Gasteiger partial charge on any atom is -0.303 e. The second kappa shape index (κ2) is 6.26. The molecular weight excluding hydrogens is 249 g/mol. The second-order valence-corrected chi connectivity index (χ2v) is 6.97. The van der Waals surface area contributed by atoms with E-state index in [1.165, 1.54) is 25.7 Å². The summed E-state index contributed by atoms with van der Waals surface area (Å²) in [6, 6.07) is 7.24. The minimum atomic E-state index is -0.0558. The van der Waals surface area contributed by atoms with Crippen LogP contribution in [0.25, 0.3) is 0 Å². The van der Waals surface area contributed by atoms with Crippen molar-refractivity contribution in [1.82, 2.24) is 4.90 Å². The molecule has 0 atom stereocenters. The fraction of sp³-hybridized carbons (Fsp3) is 0.667. The van der Waals surface area contributed by atoms with Gasteiger partial charge in [-0.1, -0.05) is 32.0 Å². The van der Waals surface area contributed by atoms with Gasteiger partial charge in [0.05, 0.1) is 0 Å². The molecule has 2 rings (SSSR count). The first-order valence-corrected chi connectivity index (χ1v) is 7.85. The van der Waals surface area contributed by atoms with E-state index in [0.29, 0.717) is 0 Å². The van der Waals surface area contributed by atoms with Gasteiger partial charge in [-0.25, -0.2) is 4.39 Å². The Morgan fingerprint density at radius 2 is 1.80 bits per heavy atom. The zero-order valence-corrected chi connectivity index (χ0v) is 13.3. The van der Waals surface area contributed by atoms with E-state index in [9.17, 15) is 4.39 Å². The summed E-state index contributed by atoms with van der Waals surface area (Å²) in [4.78, 5) is 2.33. The van der Waals surface area contributed by atoms with Crippen LogP contribution in [0.15, 0.2) is 24.3 Å². The predicted molar refractivity (Wildman–Crippen MR) is 83.3 cm³/mol. The molecule has 1 nitrogen and oxygen atoms in total. The standard InChI is InChI=1S/C18H28FN/c1-14(2)15-9-11-18(12-10-15,20(3)4)13-16-7-5-6-8-17(16)19/h5-8,14-15H,9-13H2,1-4H3. The fourth-order valence-electron chi connectivity index (χ4n) is 3.62. The van der Waals surface area contributed by atoms with Crippen molar-refractivity contribution >= 4 is 0 Å². The molecule has 1 aliphatic rings. The van der Waals surface area contributed by atoms with Gasteiger partial charge in [0, 0.05) is 5.54 Å². The van der Waals surface area contributed by atoms with Gasteiger partial charge >= 0.3 is 0 Å². The highest BCUT2D eigenvalue weighted by Gasteiger charge is 2.38. The van der Waals surface area contributed by atoms with Crippen molar-refractivity contribution < 1.29 is 4.39 Å². The maximum Gasteiger partial charge on any atom is 0.126 e. The van der Waals surface area contributed by atoms with Gasteiger partial charge in [0.15, 0.2) is 0 Å². The van der Waals surface area contributed by atoms with Crippen LogP contribution < -0.4 is 0 Å². The zero-order chi connectivity index (χ0) is 14.8. The van der Waals surface area contributed by atoms with Crippen molar-refractivity contribution in [3.8, 4) is 0 Å². The summed E-state index contributed by atoms with van der Waals surface area (Å²) in [5.41, 5.74) is 0.998. The number of likely N-dealkylation sites (N-methyl/N-ethyl adjacent to an activating group) is 1. The van der Waals surface area contributed by atoms with Crippen molar-refractivity contribution in [2.24, 2.45) is 11.8 Å². The molecule has 0 saturated heterocycles. The van der Waals surface area contributed by atoms with Crippen molar-refractivity contribution in [2.75, 3.05) is 14.1 Å². The first-order chi connectivity index (χ1) is 9.44. The topological polar surface area (TPSA) is 3.24 Å². The number of benzene rings is 1. The summed E-state index contributed by atoms with van der Waals surface area (Å²) in [5.74, 6) is 1.55. The molecule has 2 heteroatoms. The number of hydrogen-bond acceptors (Lipinski definition) is 1. The van der Waals surface area contributed by atoms with Crippen molar-refractivity contribution in [1.29, 1.82) is 0 Å². The van der Waals surface area contributed by atoms with Gasteiger partial charge < -0.3 is 4.90 Å². The lowest BCUT2D eigenvalue weighted by Gasteiger charge is -2.46. The largest absolute Gasteiger partial charge is 0.303 e. The van der Waals surface area contributed by atoms with E-state index in [0.717, 1.165) is 23.8 Å². The quantitative estimate of drug-likeness (QED) is 0.782. The van der Waals surface area contributed by atoms with E-state index < -0.39 is 0 Å². The van der Waals surface area contributed by atoms with Gasteiger partial charge in [-0.05, 0) is 69.7 Å². The molecule has 1 aromatic carbocycles. The Morgan fingerprint density at radius 1 is 1.20 bits per heavy atom. The van der Waals surface area contributed by atoms with Crippen LogP contribution in [0.5, 0.6) is 0 Å². The van der Waals surface area contributed by atoms with Crippen LogP contribution in [0, 0.1) is 17.7 Å². The van der Waals surface area contributed by atoms with Gasteiger partial charge in [-0.3, -0.25) is 0 Å². The normalized spacial score (nSPS) is 27.2. The Morgan fingerprint density at radius 3 is 2.30 bits per heavy atom. The van der Waals surface area contributed by atoms with Crippen LogP contribution in [0.1, 0.15) is 45.1 Å². The summed E-state index contributed by atoms with van der Waals surface area (Å²) < 4.78 is 14.0. The summed E-state index contributed by atoms with van der Waals surface area (Å²) >= 11 is 0. The van der Waals surface area contributed by atoms with E-state index in [2.05, 4.69) is 32.8 Å². The van der Waals surface area contributed by atoms with Crippen LogP contribution in [-0.4, -0.2) is 24.5 Å². The number of hydrogen-bond donors (Lipinski definition) is 0. The molecule has 0 spiro atoms. The van der Waals surface area contributed by atoms with Crippen molar-refractivity contribution in [3.05, 3.63) is 35.6 Å². The molecule has 1 fully saturated rings. The Kier molecular flexibility index (Phi) is 4.85. The Hall–Kier alpha value is -0.890. The van der Waals surface area contributed by atoms with E-state index in [1.807, 2.05) is 12.1 Å². The third-order valence-electron chi connectivity index (χ3n) is 5.33. The van der Waals surface area contributed by atoms with Crippen LogP contribution >= 0.6 is 0 Å². The van der Waals surface area contributed by atoms with E-state index in [-0.39, 0.29) is 11.4 Å². The molecule has 0 unspecified atom stereocenters. The van der Waals surface area contributed by atoms with Crippen molar-refractivity contribution in [3.63, 3.8) is 0 Å². The van der Waals surface area contributed by atoms with Crippen LogP contribution in [-0.2, 0) is 6.42 Å². The van der Waals surface area contributed by atoms with Gasteiger partial charge in [0.2, 0.25) is 0 Å². The summed E-state index contributed by atoms with van der Waals surface area (Å²) in [5, 5.41) is 0. The van der Waals surface area contributed by atoms with E-state index in [1.54, 1.807) is 12.1 Å². The molecule has 0 radical (unpaired) electrons. The summed E-state index contributed by atoms with van der Waals surface area (Å²) in [6.07, 6.45) is 5.72. The summed E-state index contributed by atoms with van der Waals surface area (Å²) in [7, 11) is 4.30. The molecule has 0 heterocycles. The highest BCUT2D eigenvalue weighted by atomic mass is 19.1. The minimum absolute atomic E-state index is 0.0558. The highest BCUT2D eigenvalue weighted by Crippen LogP contribution is 2.40. The van der Waals surface area contributed by atoms with Gasteiger partial charge in [-0.15, -0.1) is 0 Å². The maximum absolute atomic E-state index is 14.0. The molecule has 20 heavy (non-hydrogen) atoms. The van der Waals surface area contributed by atoms with Crippen molar-refractivity contribution in [2.45, 2.75) is 51.5 Å². The average molecular weight is 277 g/mol. The second-order valence-electron chi connectivity index (χ2n) is 6.97. The molecule has 0 N–H and O–H groups in total. The number of nitrogens with zero attached hydrogens (tertiary/aromatic N) is 1. The van der Waals surface area contributed by atoms with E-state index >= 15 is 0 Å². The Balaban J connectivity index is 2.14. The lowest BCUT2D eigenvalue weighted by Crippen LogP contribution is -2.49. The smallest absolute Gasteiger partial charge is 0.126 e. The molecule has 0 amide bonds. The number of rotatable bonds is 4. The molecule has 1 aliphatic carbocycles. The molecule has 1 saturated carbocycles. The van der Waals surface area contributed by atoms with Gasteiger partial charge in [-0.2, -0.15) is 0 Å². The lowest BCUT2D eigenvalue weighted by molar-refractivity contribution is 0.0676. The Labute approximate surface area is 123 Å². The van der Waals surface area contributed by atoms with Crippen LogP contribution in [0.4, 0.5) is 4.39 Å². The average Bonchev–Trinajstić information content (AvgIpc) is 2.42. The van der Waals surface area contributed by atoms with E-state index in [4.69, 9.17) is 0 Å². The first kappa shape index (κ1) is 15.5. The Bertz CT molecular complexity index is 431. The molecular formula is C18H28FN. The summed E-state index contributed by atoms with van der Waals surface area (Å²) in [6.45, 7) is 4.65. The molecule has 1 aromatic rings. The molecule has 0 aromatic heterocycles. The lowest BCUT2D eigenvalue weighted by atomic mass is 9.70. The highest BCUT2D eigenvalue weighted by molar-refractivity contribution is 5.20. The van der Waals surface area contributed by atoms with Crippen LogP contribution in [0.2, 0.25) is 0 Å².